The lowest BCUT2D eigenvalue weighted by molar-refractivity contribution is -0.133. The fourth-order valence-corrected chi connectivity index (χ4v) is 5.72. The van der Waals surface area contributed by atoms with E-state index in [2.05, 4.69) is 27.6 Å². The molecule has 0 spiro atoms. The summed E-state index contributed by atoms with van der Waals surface area (Å²) in [7, 11) is 2.04. The molecule has 0 radical (unpaired) electrons. The Morgan fingerprint density at radius 3 is 2.42 bits per heavy atom. The zero-order chi connectivity index (χ0) is 28.8. The zero-order valence-corrected chi connectivity index (χ0v) is 24.2. The van der Waals surface area contributed by atoms with Crippen molar-refractivity contribution in [2.75, 3.05) is 38.5 Å². The predicted molar refractivity (Wildman–Crippen MR) is 152 cm³/mol. The molecule has 0 bridgehead atoms. The Kier molecular flexibility index (Phi) is 9.95. The van der Waals surface area contributed by atoms with Gasteiger partial charge >= 0.3 is 0 Å². The molecule has 1 saturated heterocycles. The van der Waals surface area contributed by atoms with E-state index < -0.39 is 17.8 Å². The highest BCUT2D eigenvalue weighted by Crippen LogP contribution is 2.32. The van der Waals surface area contributed by atoms with Gasteiger partial charge in [0, 0.05) is 45.3 Å². The number of amides is 3. The van der Waals surface area contributed by atoms with Gasteiger partial charge < -0.3 is 20.4 Å². The molecule has 1 saturated carbocycles. The minimum atomic E-state index is -0.792. The van der Waals surface area contributed by atoms with E-state index in [-0.39, 0.29) is 29.3 Å². The third-order valence-corrected chi connectivity index (χ3v) is 8.51. The molecule has 1 aromatic heterocycles. The summed E-state index contributed by atoms with van der Waals surface area (Å²) < 4.78 is 16.8. The minimum absolute atomic E-state index is 0.0407. The third-order valence-electron chi connectivity index (χ3n) is 8.51. The fourth-order valence-electron chi connectivity index (χ4n) is 5.72. The molecule has 2 atom stereocenters. The van der Waals surface area contributed by atoms with Crippen molar-refractivity contribution in [2.24, 2.45) is 11.8 Å². The molecular formula is C30H43FN6O3. The lowest BCUT2D eigenvalue weighted by Crippen LogP contribution is -2.49. The van der Waals surface area contributed by atoms with Crippen LogP contribution in [0.5, 0.6) is 0 Å². The van der Waals surface area contributed by atoms with Crippen molar-refractivity contribution < 1.29 is 18.8 Å². The van der Waals surface area contributed by atoms with E-state index in [0.717, 1.165) is 38.8 Å². The second-order valence-electron chi connectivity index (χ2n) is 11.5. The van der Waals surface area contributed by atoms with Crippen LogP contribution in [0.3, 0.4) is 0 Å². The van der Waals surface area contributed by atoms with Crippen LogP contribution in [0.4, 0.5) is 10.1 Å². The number of rotatable bonds is 9. The smallest absolute Gasteiger partial charge is 0.270 e. The van der Waals surface area contributed by atoms with Gasteiger partial charge in [-0.3, -0.25) is 19.1 Å². The molecule has 2 aliphatic rings. The largest absolute Gasteiger partial charge is 0.340 e. The van der Waals surface area contributed by atoms with E-state index in [9.17, 15) is 14.4 Å². The second kappa shape index (κ2) is 13.4. The van der Waals surface area contributed by atoms with Crippen LogP contribution in [0, 0.1) is 17.7 Å². The van der Waals surface area contributed by atoms with Gasteiger partial charge in [0.15, 0.2) is 0 Å². The second-order valence-corrected chi connectivity index (χ2v) is 11.5. The Bertz CT molecular complexity index is 1180. The number of aromatic nitrogens is 2. The Labute approximate surface area is 236 Å². The van der Waals surface area contributed by atoms with Crippen molar-refractivity contribution in [1.82, 2.24) is 24.9 Å². The first-order valence-corrected chi connectivity index (χ1v) is 14.6. The number of carbonyl (C=O) groups is 3. The lowest BCUT2D eigenvalue weighted by Gasteiger charge is -2.33. The molecule has 1 aliphatic heterocycles. The minimum Gasteiger partial charge on any atom is -0.340 e. The molecule has 2 fully saturated rings. The van der Waals surface area contributed by atoms with E-state index in [1.54, 1.807) is 29.1 Å². The average molecular weight is 555 g/mol. The first-order valence-electron chi connectivity index (χ1n) is 14.6. The number of hydrogen-bond donors (Lipinski definition) is 2. The first-order chi connectivity index (χ1) is 19.2. The summed E-state index contributed by atoms with van der Waals surface area (Å²) in [5.74, 6) is -0.910. The molecule has 3 amide bonds. The van der Waals surface area contributed by atoms with Crippen LogP contribution in [-0.2, 0) is 16.1 Å². The molecular weight excluding hydrogens is 511 g/mol. The number of hydrogen-bond acceptors (Lipinski definition) is 5. The number of halogens is 1. The molecule has 2 heterocycles. The zero-order valence-electron chi connectivity index (χ0n) is 24.2. The van der Waals surface area contributed by atoms with Gasteiger partial charge in [-0.25, -0.2) is 4.39 Å². The normalized spacial score (nSPS) is 21.5. The quantitative estimate of drug-likeness (QED) is 0.490. The number of piperazine rings is 1. The van der Waals surface area contributed by atoms with Gasteiger partial charge in [-0.15, -0.1) is 0 Å². The maximum absolute atomic E-state index is 15.2. The van der Waals surface area contributed by atoms with Gasteiger partial charge in [0.25, 0.3) is 5.91 Å². The molecule has 0 unspecified atom stereocenters. The predicted octanol–water partition coefficient (Wildman–Crippen LogP) is 3.87. The van der Waals surface area contributed by atoms with Crippen LogP contribution in [-0.4, -0.2) is 76.6 Å². The number of aryl methyl sites for hydroxylation is 1. The van der Waals surface area contributed by atoms with Crippen LogP contribution < -0.4 is 10.6 Å². The van der Waals surface area contributed by atoms with Gasteiger partial charge in [0.05, 0.1) is 5.69 Å². The highest BCUT2D eigenvalue weighted by Gasteiger charge is 2.33. The van der Waals surface area contributed by atoms with Gasteiger partial charge in [-0.1, -0.05) is 32.8 Å². The molecule has 2 N–H and O–H groups in total. The Morgan fingerprint density at radius 2 is 1.77 bits per heavy atom. The first kappa shape index (κ1) is 29.7. The van der Waals surface area contributed by atoms with Crippen molar-refractivity contribution in [2.45, 2.75) is 71.4 Å². The topological polar surface area (TPSA) is 99.6 Å². The van der Waals surface area contributed by atoms with Crippen molar-refractivity contribution in [3.63, 3.8) is 0 Å². The van der Waals surface area contributed by atoms with E-state index in [0.29, 0.717) is 43.2 Å². The van der Waals surface area contributed by atoms with Gasteiger partial charge in [0.2, 0.25) is 11.8 Å². The Morgan fingerprint density at radius 1 is 1.07 bits per heavy atom. The van der Waals surface area contributed by atoms with Crippen LogP contribution in [0.1, 0.15) is 74.8 Å². The Hall–Kier alpha value is -3.27. The number of anilines is 1. The summed E-state index contributed by atoms with van der Waals surface area (Å²) in [6, 6.07) is 5.54. The lowest BCUT2D eigenvalue weighted by atomic mass is 9.79. The standard InChI is InChI=1S/C30H43FN6O3/c1-5-37-26(12-13-32-37)29(39)34-28(22-8-6-20(2)7-9-22)30(40)33-25-11-10-23(19-24(25)31)21(3)18-27(38)36-16-14-35(4)15-17-36/h10-13,19-22,28H,5-9,14-18H2,1-4H3,(H,33,40)(H,34,39)/t20?,21-,22?,28+/m1/s1. The molecule has 4 rings (SSSR count). The Balaban J connectivity index is 1.43. The van der Waals surface area contributed by atoms with Crippen LogP contribution >= 0.6 is 0 Å². The summed E-state index contributed by atoms with van der Waals surface area (Å²) in [6.07, 6.45) is 5.44. The van der Waals surface area contributed by atoms with E-state index in [1.165, 1.54) is 6.07 Å². The maximum Gasteiger partial charge on any atom is 0.270 e. The number of nitrogens with zero attached hydrogens (tertiary/aromatic N) is 4. The third kappa shape index (κ3) is 7.27. The number of carbonyl (C=O) groups excluding carboxylic acids is 3. The summed E-state index contributed by atoms with van der Waals surface area (Å²) in [5.41, 5.74) is 1.16. The fraction of sp³-hybridized carbons (Fsp3) is 0.600. The highest BCUT2D eigenvalue weighted by atomic mass is 19.1. The molecule has 2 aromatic rings. The van der Waals surface area contributed by atoms with Gasteiger partial charge in [0.1, 0.15) is 17.6 Å². The summed E-state index contributed by atoms with van der Waals surface area (Å²) in [5, 5.41) is 9.81. The molecule has 1 aromatic carbocycles. The van der Waals surface area contributed by atoms with Crippen LogP contribution in [0.15, 0.2) is 30.5 Å². The monoisotopic (exact) mass is 554 g/mol. The highest BCUT2D eigenvalue weighted by molar-refractivity contribution is 6.00. The molecule has 40 heavy (non-hydrogen) atoms. The summed E-state index contributed by atoms with van der Waals surface area (Å²) in [6.45, 7) is 9.66. The van der Waals surface area contributed by atoms with Gasteiger partial charge in [-0.05, 0) is 68.3 Å². The van der Waals surface area contributed by atoms with Crippen LogP contribution in [0.2, 0.25) is 0 Å². The van der Waals surface area contributed by atoms with E-state index in [4.69, 9.17) is 0 Å². The maximum atomic E-state index is 15.2. The van der Waals surface area contributed by atoms with Crippen molar-refractivity contribution >= 4 is 23.4 Å². The molecule has 1 aliphatic carbocycles. The van der Waals surface area contributed by atoms with Crippen LogP contribution in [0.25, 0.3) is 0 Å². The molecule has 10 heteroatoms. The van der Waals surface area contributed by atoms with Crippen molar-refractivity contribution in [1.29, 1.82) is 0 Å². The average Bonchev–Trinajstić information content (AvgIpc) is 3.43. The summed E-state index contributed by atoms with van der Waals surface area (Å²) in [4.78, 5) is 43.4. The molecule has 9 nitrogen and oxygen atoms in total. The number of nitrogens with one attached hydrogen (secondary N) is 2. The SMILES string of the molecule is CCn1nccc1C(=O)N[C@H](C(=O)Nc1ccc([C@H](C)CC(=O)N2CCN(C)CC2)cc1F)C1CCC(C)CC1. The number of likely N-dealkylation sites (N-methyl/N-ethyl adjacent to an activating group) is 1. The van der Waals surface area contributed by atoms with Crippen molar-refractivity contribution in [3.05, 3.63) is 47.5 Å². The van der Waals surface area contributed by atoms with E-state index in [1.807, 2.05) is 25.8 Å². The number of benzene rings is 1. The van der Waals surface area contributed by atoms with Gasteiger partial charge in [-0.2, -0.15) is 5.10 Å². The molecule has 218 valence electrons. The van der Waals surface area contributed by atoms with Crippen molar-refractivity contribution in [3.8, 4) is 0 Å². The van der Waals surface area contributed by atoms with E-state index >= 15 is 4.39 Å². The summed E-state index contributed by atoms with van der Waals surface area (Å²) >= 11 is 0.